The molecule has 11 heavy (non-hydrogen) atoms. The number of nitrogens with one attached hydrogen (secondary N) is 1. The van der Waals surface area contributed by atoms with Crippen LogP contribution in [0.3, 0.4) is 0 Å². The maximum Gasteiger partial charge on any atom is 0.335 e. The van der Waals surface area contributed by atoms with Crippen LogP contribution in [0, 0.1) is 0 Å². The highest BCUT2D eigenvalue weighted by Gasteiger charge is 2.20. The van der Waals surface area contributed by atoms with Gasteiger partial charge in [-0.1, -0.05) is 11.6 Å². The molecule has 1 unspecified atom stereocenters. The highest BCUT2D eigenvalue weighted by Crippen LogP contribution is 2.18. The van der Waals surface area contributed by atoms with Crippen molar-refractivity contribution in [2.24, 2.45) is 0 Å². The predicted molar refractivity (Wildman–Crippen MR) is 42.3 cm³/mol. The maximum absolute atomic E-state index is 10.4. The lowest BCUT2D eigenvalue weighted by atomic mass is 10.1. The summed E-state index contributed by atoms with van der Waals surface area (Å²) in [5, 5.41) is 11.4. The van der Waals surface area contributed by atoms with Gasteiger partial charge < -0.3 is 10.4 Å². The van der Waals surface area contributed by atoms with Crippen LogP contribution >= 0.6 is 11.6 Å². The van der Waals surface area contributed by atoms with Crippen LogP contribution < -0.4 is 5.32 Å². The molecule has 0 saturated heterocycles. The fourth-order valence-corrected chi connectivity index (χ4v) is 0.990. The molecule has 0 aliphatic carbocycles. The first kappa shape index (κ1) is 8.14. The second-order valence-electron chi connectivity index (χ2n) is 2.46. The normalized spacial score (nSPS) is 29.1. The molecule has 1 rings (SSSR count). The standard InChI is InChI=1S/C7H8ClNO2/c1-7(8)4-5(6(10)11)2-3-9-7/h2-4,9H,1H3,(H,10,11). The molecule has 0 amide bonds. The van der Waals surface area contributed by atoms with Crippen molar-refractivity contribution in [2.75, 3.05) is 0 Å². The summed E-state index contributed by atoms with van der Waals surface area (Å²) >= 11 is 5.81. The van der Waals surface area contributed by atoms with Crippen molar-refractivity contribution in [3.63, 3.8) is 0 Å². The molecule has 0 aromatic heterocycles. The van der Waals surface area contributed by atoms with Gasteiger partial charge in [-0.25, -0.2) is 4.79 Å². The lowest BCUT2D eigenvalue weighted by Crippen LogP contribution is -2.33. The van der Waals surface area contributed by atoms with Crippen molar-refractivity contribution in [3.05, 3.63) is 23.9 Å². The van der Waals surface area contributed by atoms with Gasteiger partial charge in [0.15, 0.2) is 0 Å². The Hall–Kier alpha value is -0.960. The number of dihydropyridines is 1. The number of halogens is 1. The van der Waals surface area contributed by atoms with Gasteiger partial charge in [0.2, 0.25) is 0 Å². The van der Waals surface area contributed by atoms with Crippen LogP contribution in [0.25, 0.3) is 0 Å². The predicted octanol–water partition coefficient (Wildman–Crippen LogP) is 1.07. The molecule has 2 N–H and O–H groups in total. The molecular formula is C7H8ClNO2. The second-order valence-corrected chi connectivity index (χ2v) is 3.24. The monoisotopic (exact) mass is 173 g/mol. The molecular weight excluding hydrogens is 166 g/mol. The number of carboxylic acid groups (broad SMARTS) is 1. The minimum Gasteiger partial charge on any atom is -0.478 e. The first-order valence-electron chi connectivity index (χ1n) is 3.10. The van der Waals surface area contributed by atoms with Gasteiger partial charge in [-0.3, -0.25) is 0 Å². The number of hydrogen-bond acceptors (Lipinski definition) is 2. The lowest BCUT2D eigenvalue weighted by Gasteiger charge is -2.21. The zero-order valence-corrected chi connectivity index (χ0v) is 6.72. The number of hydrogen-bond donors (Lipinski definition) is 2. The summed E-state index contributed by atoms with van der Waals surface area (Å²) in [7, 11) is 0. The van der Waals surface area contributed by atoms with Crippen molar-refractivity contribution < 1.29 is 9.90 Å². The Morgan fingerprint density at radius 3 is 2.82 bits per heavy atom. The molecule has 0 bridgehead atoms. The first-order chi connectivity index (χ1) is 5.01. The lowest BCUT2D eigenvalue weighted by molar-refractivity contribution is -0.132. The molecule has 1 atom stereocenters. The van der Waals surface area contributed by atoms with E-state index in [-0.39, 0.29) is 5.57 Å². The van der Waals surface area contributed by atoms with Gasteiger partial charge in [-0.15, -0.1) is 0 Å². The third-order valence-electron chi connectivity index (χ3n) is 1.30. The van der Waals surface area contributed by atoms with E-state index in [2.05, 4.69) is 5.32 Å². The van der Waals surface area contributed by atoms with Gasteiger partial charge in [0.1, 0.15) is 5.00 Å². The molecule has 1 heterocycles. The van der Waals surface area contributed by atoms with Crippen molar-refractivity contribution in [3.8, 4) is 0 Å². The summed E-state index contributed by atoms with van der Waals surface area (Å²) in [4.78, 5) is 9.66. The van der Waals surface area contributed by atoms with E-state index in [1.54, 1.807) is 6.92 Å². The summed E-state index contributed by atoms with van der Waals surface area (Å²) in [5.74, 6) is -0.963. The fourth-order valence-electron chi connectivity index (χ4n) is 0.809. The average molecular weight is 174 g/mol. The van der Waals surface area contributed by atoms with Crippen molar-refractivity contribution >= 4 is 17.6 Å². The van der Waals surface area contributed by atoms with Gasteiger partial charge >= 0.3 is 5.97 Å². The molecule has 0 saturated carbocycles. The van der Waals surface area contributed by atoms with E-state index in [1.165, 1.54) is 18.4 Å². The SMILES string of the molecule is CC1(Cl)C=C(C(=O)O)C=CN1. The minimum atomic E-state index is -0.963. The summed E-state index contributed by atoms with van der Waals surface area (Å²) in [6, 6.07) is 0. The van der Waals surface area contributed by atoms with E-state index in [1.807, 2.05) is 0 Å². The Kier molecular flexibility index (Phi) is 1.91. The Balaban J connectivity index is 2.89. The van der Waals surface area contributed by atoms with E-state index in [4.69, 9.17) is 16.7 Å². The van der Waals surface area contributed by atoms with Gasteiger partial charge in [0.05, 0.1) is 5.57 Å². The van der Waals surface area contributed by atoms with Crippen LogP contribution in [0.4, 0.5) is 0 Å². The van der Waals surface area contributed by atoms with Crippen LogP contribution in [0.1, 0.15) is 6.92 Å². The molecule has 0 aromatic carbocycles. The summed E-state index contributed by atoms with van der Waals surface area (Å²) < 4.78 is 0. The number of alkyl halides is 1. The first-order valence-corrected chi connectivity index (χ1v) is 3.48. The third kappa shape index (κ3) is 1.98. The molecule has 3 nitrogen and oxygen atoms in total. The average Bonchev–Trinajstić information content (AvgIpc) is 1.85. The zero-order valence-electron chi connectivity index (χ0n) is 5.97. The Bertz CT molecular complexity index is 243. The number of carbonyl (C=O) groups is 1. The van der Waals surface area contributed by atoms with Gasteiger partial charge in [0.25, 0.3) is 0 Å². The van der Waals surface area contributed by atoms with Crippen LogP contribution in [-0.4, -0.2) is 16.1 Å². The maximum atomic E-state index is 10.4. The highest BCUT2D eigenvalue weighted by atomic mass is 35.5. The van der Waals surface area contributed by atoms with E-state index in [0.717, 1.165) is 0 Å². The number of aliphatic carboxylic acids is 1. The molecule has 4 heteroatoms. The minimum absolute atomic E-state index is 0.209. The zero-order chi connectivity index (χ0) is 8.48. The van der Waals surface area contributed by atoms with Crippen molar-refractivity contribution in [2.45, 2.75) is 11.9 Å². The van der Waals surface area contributed by atoms with E-state index in [0.29, 0.717) is 0 Å². The summed E-state index contributed by atoms with van der Waals surface area (Å²) in [5.41, 5.74) is 0.209. The Morgan fingerprint density at radius 1 is 1.82 bits per heavy atom. The third-order valence-corrected chi connectivity index (χ3v) is 1.52. The van der Waals surface area contributed by atoms with Crippen LogP contribution in [0.15, 0.2) is 23.9 Å². The largest absolute Gasteiger partial charge is 0.478 e. The smallest absolute Gasteiger partial charge is 0.335 e. The molecule has 0 radical (unpaired) electrons. The van der Waals surface area contributed by atoms with Crippen LogP contribution in [0.2, 0.25) is 0 Å². The van der Waals surface area contributed by atoms with Crippen LogP contribution in [-0.2, 0) is 4.79 Å². The second kappa shape index (κ2) is 2.58. The number of rotatable bonds is 1. The molecule has 60 valence electrons. The molecule has 1 aliphatic heterocycles. The van der Waals surface area contributed by atoms with Gasteiger partial charge in [0, 0.05) is 0 Å². The Labute approximate surface area is 69.4 Å². The van der Waals surface area contributed by atoms with Crippen LogP contribution in [0.5, 0.6) is 0 Å². The van der Waals surface area contributed by atoms with Crippen molar-refractivity contribution in [1.82, 2.24) is 5.32 Å². The van der Waals surface area contributed by atoms with E-state index in [9.17, 15) is 4.79 Å². The fraction of sp³-hybridized carbons (Fsp3) is 0.286. The summed E-state index contributed by atoms with van der Waals surface area (Å²) in [6.07, 6.45) is 4.44. The topological polar surface area (TPSA) is 49.3 Å². The van der Waals surface area contributed by atoms with Crippen molar-refractivity contribution in [1.29, 1.82) is 0 Å². The highest BCUT2D eigenvalue weighted by molar-refractivity contribution is 6.25. The van der Waals surface area contributed by atoms with E-state index >= 15 is 0 Å². The molecule has 1 aliphatic rings. The quantitative estimate of drug-likeness (QED) is 0.461. The molecule has 0 spiro atoms. The van der Waals surface area contributed by atoms with Gasteiger partial charge in [-0.05, 0) is 25.3 Å². The van der Waals surface area contributed by atoms with E-state index < -0.39 is 11.0 Å². The molecule has 0 fully saturated rings. The van der Waals surface area contributed by atoms with Gasteiger partial charge in [-0.2, -0.15) is 0 Å². The Morgan fingerprint density at radius 2 is 2.45 bits per heavy atom. The summed E-state index contributed by atoms with van der Waals surface area (Å²) in [6.45, 7) is 1.68. The number of carboxylic acids is 1. The molecule has 0 aromatic rings.